The van der Waals surface area contributed by atoms with Gasteiger partial charge in [-0.3, -0.25) is 14.4 Å². The van der Waals surface area contributed by atoms with Crippen molar-refractivity contribution in [2.75, 3.05) is 0 Å². The molecule has 7 heteroatoms. The van der Waals surface area contributed by atoms with E-state index in [2.05, 4.69) is 54.5 Å². The van der Waals surface area contributed by atoms with Gasteiger partial charge in [-0.1, -0.05) is 54.0 Å². The second-order valence-electron chi connectivity index (χ2n) is 17.0. The highest BCUT2D eigenvalue weighted by Crippen LogP contribution is 2.76. The van der Waals surface area contributed by atoms with Crippen LogP contribution in [0.3, 0.4) is 0 Å². The third-order valence-corrected chi connectivity index (χ3v) is 14.2. The van der Waals surface area contributed by atoms with Gasteiger partial charge < -0.3 is 19.3 Å². The van der Waals surface area contributed by atoms with Crippen LogP contribution in [-0.2, 0) is 28.6 Å². The maximum atomic E-state index is 12.8. The predicted molar refractivity (Wildman–Crippen MR) is 164 cm³/mol. The van der Waals surface area contributed by atoms with E-state index in [1.807, 2.05) is 6.92 Å². The van der Waals surface area contributed by atoms with Crippen LogP contribution >= 0.6 is 0 Å². The highest BCUT2D eigenvalue weighted by Gasteiger charge is 2.72. The number of carbonyl (C=O) groups is 3. The molecule has 43 heavy (non-hydrogen) atoms. The molecule has 0 unspecified atom stereocenters. The average Bonchev–Trinajstić information content (AvgIpc) is 2.85. The van der Waals surface area contributed by atoms with E-state index in [-0.39, 0.29) is 57.3 Å². The standard InChI is InChI=1S/C36H56O7/c1-20-28-24-18-25(41-21(2)37)29-33(8)19-26(42-22(3)38)30(43-23(4)39)31(5,6)27(33)12-13-35(29,10)34(24,9)16-14-32(28,7)15-17-36(20,11)40/h18,20,25-30,40H,12-17,19H2,1-11H3/t20-,25-,26-,27+,28+,29-,30+,32+,33+,34-,35-,36+/m1/s1. The van der Waals surface area contributed by atoms with E-state index in [1.54, 1.807) is 0 Å². The van der Waals surface area contributed by atoms with Crippen LogP contribution in [0, 0.1) is 50.7 Å². The zero-order valence-corrected chi connectivity index (χ0v) is 28.5. The Labute approximate surface area is 258 Å². The third-order valence-electron chi connectivity index (χ3n) is 14.2. The van der Waals surface area contributed by atoms with Gasteiger partial charge in [0.05, 0.1) is 5.60 Å². The molecular formula is C36H56O7. The van der Waals surface area contributed by atoms with E-state index in [9.17, 15) is 19.5 Å². The molecule has 4 saturated carbocycles. The molecule has 5 aliphatic carbocycles. The summed E-state index contributed by atoms with van der Waals surface area (Å²) in [6, 6.07) is 0. The van der Waals surface area contributed by atoms with Gasteiger partial charge in [0.15, 0.2) is 0 Å². The van der Waals surface area contributed by atoms with Crippen molar-refractivity contribution < 1.29 is 33.7 Å². The fourth-order valence-electron chi connectivity index (χ4n) is 12.0. The molecule has 1 N–H and O–H groups in total. The van der Waals surface area contributed by atoms with Crippen molar-refractivity contribution in [3.05, 3.63) is 11.6 Å². The van der Waals surface area contributed by atoms with Crippen molar-refractivity contribution >= 4 is 17.9 Å². The van der Waals surface area contributed by atoms with Gasteiger partial charge in [0, 0.05) is 32.1 Å². The van der Waals surface area contributed by atoms with E-state index in [1.165, 1.54) is 26.3 Å². The molecule has 0 amide bonds. The van der Waals surface area contributed by atoms with E-state index in [0.29, 0.717) is 6.42 Å². The number of rotatable bonds is 3. The molecule has 0 aromatic carbocycles. The van der Waals surface area contributed by atoms with Crippen molar-refractivity contribution in [1.29, 1.82) is 0 Å². The Kier molecular flexibility index (Phi) is 7.60. The van der Waals surface area contributed by atoms with E-state index in [0.717, 1.165) is 38.5 Å². The summed E-state index contributed by atoms with van der Waals surface area (Å²) < 4.78 is 18.2. The Morgan fingerprint density at radius 3 is 1.98 bits per heavy atom. The van der Waals surface area contributed by atoms with Gasteiger partial charge in [-0.25, -0.2) is 0 Å². The zero-order chi connectivity index (χ0) is 32.1. The molecule has 5 rings (SSSR count). The van der Waals surface area contributed by atoms with Crippen LogP contribution in [0.5, 0.6) is 0 Å². The normalized spacial score (nSPS) is 50.0. The molecule has 0 spiro atoms. The maximum Gasteiger partial charge on any atom is 0.303 e. The van der Waals surface area contributed by atoms with E-state index < -0.39 is 35.3 Å². The lowest BCUT2D eigenvalue weighted by Crippen LogP contribution is -2.70. The Morgan fingerprint density at radius 1 is 0.814 bits per heavy atom. The van der Waals surface area contributed by atoms with Crippen LogP contribution in [0.4, 0.5) is 0 Å². The van der Waals surface area contributed by atoms with Gasteiger partial charge in [-0.05, 0) is 97.4 Å². The predicted octanol–water partition coefficient (Wildman–Crippen LogP) is 6.79. The lowest BCUT2D eigenvalue weighted by atomic mass is 9.32. The monoisotopic (exact) mass is 600 g/mol. The number of carbonyl (C=O) groups excluding carboxylic acids is 3. The second kappa shape index (κ2) is 10.1. The van der Waals surface area contributed by atoms with Gasteiger partial charge in [-0.2, -0.15) is 0 Å². The summed E-state index contributed by atoms with van der Waals surface area (Å²) in [5.74, 6) is -0.680. The molecule has 4 fully saturated rings. The zero-order valence-electron chi connectivity index (χ0n) is 28.5. The number of allylic oxidation sites excluding steroid dienone is 1. The van der Waals surface area contributed by atoms with Crippen LogP contribution in [0.25, 0.3) is 0 Å². The van der Waals surface area contributed by atoms with Gasteiger partial charge in [0.2, 0.25) is 0 Å². The minimum Gasteiger partial charge on any atom is -0.459 e. The van der Waals surface area contributed by atoms with Crippen LogP contribution < -0.4 is 0 Å². The molecule has 242 valence electrons. The minimum atomic E-state index is -0.752. The summed E-state index contributed by atoms with van der Waals surface area (Å²) in [4.78, 5) is 37.5. The second-order valence-corrected chi connectivity index (χ2v) is 17.0. The molecular weight excluding hydrogens is 544 g/mol. The quantitative estimate of drug-likeness (QED) is 0.216. The first-order chi connectivity index (χ1) is 19.6. The van der Waals surface area contributed by atoms with Gasteiger partial charge in [0.25, 0.3) is 0 Å². The number of fused-ring (bicyclic) bond motifs is 7. The SMILES string of the molecule is CC(=O)O[C@@H]1C=C2[C@@H]3[C@@H](C)[C@@](C)(O)CC[C@]3(C)CC[C@@]2(C)[C@]2(C)CC[C@H]3C(C)(C)[C@@H](OC(C)=O)[C@H](OC(C)=O)C[C@]3(C)[C@@H]12. The van der Waals surface area contributed by atoms with Crippen molar-refractivity contribution in [2.45, 2.75) is 145 Å². The summed E-state index contributed by atoms with van der Waals surface area (Å²) in [5.41, 5.74) is -0.512. The highest BCUT2D eigenvalue weighted by atomic mass is 16.6. The molecule has 0 aromatic heterocycles. The Balaban J connectivity index is 1.70. The summed E-state index contributed by atoms with van der Waals surface area (Å²) in [5, 5.41) is 11.5. The minimum absolute atomic E-state index is 0.0317. The van der Waals surface area contributed by atoms with E-state index in [4.69, 9.17) is 14.2 Å². The van der Waals surface area contributed by atoms with Gasteiger partial charge >= 0.3 is 17.9 Å². The number of ether oxygens (including phenoxy) is 3. The van der Waals surface area contributed by atoms with Crippen LogP contribution in [0.1, 0.15) is 121 Å². The molecule has 0 radical (unpaired) electrons. The molecule has 0 bridgehead atoms. The molecule has 0 aliphatic heterocycles. The largest absolute Gasteiger partial charge is 0.459 e. The highest BCUT2D eigenvalue weighted by molar-refractivity contribution is 5.68. The first kappa shape index (κ1) is 32.5. The van der Waals surface area contributed by atoms with Gasteiger partial charge in [-0.15, -0.1) is 0 Å². The first-order valence-corrected chi connectivity index (χ1v) is 16.6. The summed E-state index contributed by atoms with van der Waals surface area (Å²) in [6.45, 7) is 22.4. The van der Waals surface area contributed by atoms with Crippen LogP contribution in [0.2, 0.25) is 0 Å². The number of hydrogen-bond acceptors (Lipinski definition) is 7. The van der Waals surface area contributed by atoms with Crippen LogP contribution in [0.15, 0.2) is 11.6 Å². The van der Waals surface area contributed by atoms with Crippen LogP contribution in [-0.4, -0.2) is 46.9 Å². The van der Waals surface area contributed by atoms with E-state index >= 15 is 0 Å². The first-order valence-electron chi connectivity index (χ1n) is 16.6. The van der Waals surface area contributed by atoms with Crippen molar-refractivity contribution in [3.8, 4) is 0 Å². The van der Waals surface area contributed by atoms with Crippen molar-refractivity contribution in [1.82, 2.24) is 0 Å². The third kappa shape index (κ3) is 4.63. The molecule has 5 aliphatic rings. The van der Waals surface area contributed by atoms with Crippen molar-refractivity contribution in [2.24, 2.45) is 50.7 Å². The Bertz CT molecular complexity index is 1220. The molecule has 0 aromatic rings. The molecule has 0 saturated heterocycles. The molecule has 12 atom stereocenters. The fraction of sp³-hybridized carbons (Fsp3) is 0.861. The number of esters is 3. The summed E-state index contributed by atoms with van der Waals surface area (Å²) in [7, 11) is 0. The van der Waals surface area contributed by atoms with Gasteiger partial charge in [0.1, 0.15) is 18.3 Å². The van der Waals surface area contributed by atoms with Crippen molar-refractivity contribution in [3.63, 3.8) is 0 Å². The average molecular weight is 601 g/mol. The lowest BCUT2D eigenvalue weighted by molar-refractivity contribution is -0.259. The lowest BCUT2D eigenvalue weighted by Gasteiger charge is -2.72. The summed E-state index contributed by atoms with van der Waals surface area (Å²) in [6.07, 6.45) is 7.04. The molecule has 7 nitrogen and oxygen atoms in total. The molecule has 0 heterocycles. The number of aliphatic hydroxyl groups is 1. The smallest absolute Gasteiger partial charge is 0.303 e. The topological polar surface area (TPSA) is 99.1 Å². The fourth-order valence-corrected chi connectivity index (χ4v) is 12.0. The Morgan fingerprint density at radius 2 is 1.40 bits per heavy atom. The Hall–Kier alpha value is -1.89. The summed E-state index contributed by atoms with van der Waals surface area (Å²) >= 11 is 0. The maximum absolute atomic E-state index is 12.8. The number of hydrogen-bond donors (Lipinski definition) is 1.